The van der Waals surface area contributed by atoms with Crippen LogP contribution in [0.15, 0.2) is 11.6 Å². The summed E-state index contributed by atoms with van der Waals surface area (Å²) in [6.07, 6.45) is 3.81. The highest BCUT2D eigenvalue weighted by Gasteiger charge is 1.96. The van der Waals surface area contributed by atoms with Crippen LogP contribution in [0, 0.1) is 0 Å². The summed E-state index contributed by atoms with van der Waals surface area (Å²) in [4.78, 5) is 10.7. The Labute approximate surface area is 56.8 Å². The lowest BCUT2D eigenvalue weighted by atomic mass is 10.1. The summed E-state index contributed by atoms with van der Waals surface area (Å²) < 4.78 is 0. The van der Waals surface area contributed by atoms with Crippen molar-refractivity contribution >= 4 is 5.78 Å². The van der Waals surface area contributed by atoms with Crippen LogP contribution in [0.1, 0.15) is 33.6 Å². The Hall–Kier alpha value is -0.590. The first-order chi connectivity index (χ1) is 4.22. The number of carbonyl (C=O) groups excluding carboxylic acids is 1. The molecule has 0 amide bonds. The standard InChI is InChI=1S/C8H14O/c1-4-6-8(5-2)7(3)9/h6H,4-5H2,1-3H3/b8-6+. The molecule has 0 aliphatic heterocycles. The first kappa shape index (κ1) is 8.41. The van der Waals surface area contributed by atoms with Gasteiger partial charge >= 0.3 is 0 Å². The highest BCUT2D eigenvalue weighted by atomic mass is 16.1. The number of hydrogen-bond acceptors (Lipinski definition) is 1. The molecule has 0 aliphatic rings. The molecule has 0 radical (unpaired) electrons. The molecule has 0 atom stereocenters. The zero-order valence-electron chi connectivity index (χ0n) is 6.40. The summed E-state index contributed by atoms with van der Waals surface area (Å²) in [6.45, 7) is 5.66. The molecule has 9 heavy (non-hydrogen) atoms. The number of allylic oxidation sites excluding steroid dienone is 2. The van der Waals surface area contributed by atoms with Gasteiger partial charge in [0.25, 0.3) is 0 Å². The Morgan fingerprint density at radius 3 is 2.11 bits per heavy atom. The van der Waals surface area contributed by atoms with Gasteiger partial charge in [0.2, 0.25) is 0 Å². The molecule has 1 heteroatoms. The number of ketones is 1. The summed E-state index contributed by atoms with van der Waals surface area (Å²) in [7, 11) is 0. The molecule has 0 bridgehead atoms. The molecule has 0 spiro atoms. The van der Waals surface area contributed by atoms with Crippen molar-refractivity contribution in [3.63, 3.8) is 0 Å². The lowest BCUT2D eigenvalue weighted by molar-refractivity contribution is -0.113. The molecule has 0 heterocycles. The van der Waals surface area contributed by atoms with E-state index in [-0.39, 0.29) is 5.78 Å². The monoisotopic (exact) mass is 126 g/mol. The van der Waals surface area contributed by atoms with Crippen molar-refractivity contribution in [3.05, 3.63) is 11.6 Å². The van der Waals surface area contributed by atoms with Crippen molar-refractivity contribution in [3.8, 4) is 0 Å². The molecule has 0 unspecified atom stereocenters. The minimum Gasteiger partial charge on any atom is -0.295 e. The quantitative estimate of drug-likeness (QED) is 0.530. The maximum atomic E-state index is 10.7. The fraction of sp³-hybridized carbons (Fsp3) is 0.625. The van der Waals surface area contributed by atoms with Crippen molar-refractivity contribution < 1.29 is 4.79 Å². The van der Waals surface area contributed by atoms with Gasteiger partial charge in [-0.3, -0.25) is 4.79 Å². The maximum absolute atomic E-state index is 10.7. The van der Waals surface area contributed by atoms with E-state index < -0.39 is 0 Å². The SMILES string of the molecule is CC/C=C(\CC)C(C)=O. The third-order valence-electron chi connectivity index (χ3n) is 1.28. The van der Waals surface area contributed by atoms with Crippen LogP contribution in [-0.4, -0.2) is 5.78 Å². The molecule has 52 valence electrons. The molecule has 0 fully saturated rings. The van der Waals surface area contributed by atoms with Crippen molar-refractivity contribution in [1.82, 2.24) is 0 Å². The van der Waals surface area contributed by atoms with E-state index in [4.69, 9.17) is 0 Å². The number of rotatable bonds is 3. The predicted molar refractivity (Wildman–Crippen MR) is 39.3 cm³/mol. The molecule has 0 saturated carbocycles. The van der Waals surface area contributed by atoms with Crippen LogP contribution >= 0.6 is 0 Å². The smallest absolute Gasteiger partial charge is 0.155 e. The van der Waals surface area contributed by atoms with Gasteiger partial charge in [-0.2, -0.15) is 0 Å². The van der Waals surface area contributed by atoms with Crippen LogP contribution in [0.2, 0.25) is 0 Å². The average Bonchev–Trinajstić information content (AvgIpc) is 1.82. The number of Topliss-reactive ketones (excluding diaryl/α,β-unsaturated/α-hetero) is 1. The third kappa shape index (κ3) is 3.07. The van der Waals surface area contributed by atoms with Crippen molar-refractivity contribution in [2.24, 2.45) is 0 Å². The molecule has 0 aliphatic carbocycles. The summed E-state index contributed by atoms with van der Waals surface area (Å²) in [6, 6.07) is 0. The topological polar surface area (TPSA) is 17.1 Å². The van der Waals surface area contributed by atoms with E-state index in [1.54, 1.807) is 6.92 Å². The molecular weight excluding hydrogens is 112 g/mol. The molecule has 1 nitrogen and oxygen atoms in total. The molecule has 0 N–H and O–H groups in total. The van der Waals surface area contributed by atoms with Gasteiger partial charge in [0.1, 0.15) is 0 Å². The van der Waals surface area contributed by atoms with E-state index in [9.17, 15) is 4.79 Å². The van der Waals surface area contributed by atoms with Crippen LogP contribution in [0.3, 0.4) is 0 Å². The Bertz CT molecular complexity index is 123. The van der Waals surface area contributed by atoms with Gasteiger partial charge in [-0.15, -0.1) is 0 Å². The van der Waals surface area contributed by atoms with Gasteiger partial charge in [0.05, 0.1) is 0 Å². The van der Waals surface area contributed by atoms with E-state index in [0.29, 0.717) is 0 Å². The highest BCUT2D eigenvalue weighted by Crippen LogP contribution is 2.02. The van der Waals surface area contributed by atoms with Crippen LogP contribution in [0.4, 0.5) is 0 Å². The van der Waals surface area contributed by atoms with Gasteiger partial charge in [0.15, 0.2) is 5.78 Å². The fourth-order valence-corrected chi connectivity index (χ4v) is 0.783. The Balaban J connectivity index is 3.98. The molecule has 0 saturated heterocycles. The van der Waals surface area contributed by atoms with Gasteiger partial charge in [-0.25, -0.2) is 0 Å². The second kappa shape index (κ2) is 4.30. The third-order valence-corrected chi connectivity index (χ3v) is 1.28. The summed E-state index contributed by atoms with van der Waals surface area (Å²) in [5, 5.41) is 0. The first-order valence-corrected chi connectivity index (χ1v) is 3.42. The second-order valence-electron chi connectivity index (χ2n) is 2.05. The van der Waals surface area contributed by atoms with Gasteiger partial charge in [-0.1, -0.05) is 19.9 Å². The van der Waals surface area contributed by atoms with Crippen LogP contribution < -0.4 is 0 Å². The largest absolute Gasteiger partial charge is 0.295 e. The minimum atomic E-state index is 0.208. The normalized spacial score (nSPS) is 11.7. The van der Waals surface area contributed by atoms with Gasteiger partial charge in [0, 0.05) is 0 Å². The number of carbonyl (C=O) groups is 1. The summed E-state index contributed by atoms with van der Waals surface area (Å²) >= 11 is 0. The fourth-order valence-electron chi connectivity index (χ4n) is 0.783. The van der Waals surface area contributed by atoms with Crippen LogP contribution in [-0.2, 0) is 4.79 Å². The van der Waals surface area contributed by atoms with Crippen molar-refractivity contribution in [2.75, 3.05) is 0 Å². The van der Waals surface area contributed by atoms with Gasteiger partial charge in [-0.05, 0) is 25.3 Å². The lowest BCUT2D eigenvalue weighted by Gasteiger charge is -1.95. The Morgan fingerprint density at radius 1 is 1.44 bits per heavy atom. The summed E-state index contributed by atoms with van der Waals surface area (Å²) in [5.41, 5.74) is 0.956. The maximum Gasteiger partial charge on any atom is 0.155 e. The van der Waals surface area contributed by atoms with Crippen LogP contribution in [0.25, 0.3) is 0 Å². The Kier molecular flexibility index (Phi) is 4.02. The predicted octanol–water partition coefficient (Wildman–Crippen LogP) is 2.32. The van der Waals surface area contributed by atoms with E-state index in [1.807, 2.05) is 19.9 Å². The first-order valence-electron chi connectivity index (χ1n) is 3.42. The van der Waals surface area contributed by atoms with E-state index in [2.05, 4.69) is 0 Å². The zero-order chi connectivity index (χ0) is 7.28. The second-order valence-corrected chi connectivity index (χ2v) is 2.05. The Morgan fingerprint density at radius 2 is 2.00 bits per heavy atom. The molecular formula is C8H14O. The van der Waals surface area contributed by atoms with Gasteiger partial charge < -0.3 is 0 Å². The summed E-state index contributed by atoms with van der Waals surface area (Å²) in [5.74, 6) is 0.208. The van der Waals surface area contributed by atoms with Crippen LogP contribution in [0.5, 0.6) is 0 Å². The van der Waals surface area contributed by atoms with E-state index in [0.717, 1.165) is 18.4 Å². The van der Waals surface area contributed by atoms with Crippen molar-refractivity contribution in [1.29, 1.82) is 0 Å². The van der Waals surface area contributed by atoms with Crippen molar-refractivity contribution in [2.45, 2.75) is 33.6 Å². The van der Waals surface area contributed by atoms with E-state index >= 15 is 0 Å². The number of hydrogen-bond donors (Lipinski definition) is 0. The minimum absolute atomic E-state index is 0.208. The molecule has 0 aromatic carbocycles. The lowest BCUT2D eigenvalue weighted by Crippen LogP contribution is -1.93. The molecule has 0 rings (SSSR count). The highest BCUT2D eigenvalue weighted by molar-refractivity contribution is 5.93. The van der Waals surface area contributed by atoms with E-state index in [1.165, 1.54) is 0 Å². The zero-order valence-corrected chi connectivity index (χ0v) is 6.40. The molecule has 0 aromatic heterocycles. The average molecular weight is 126 g/mol. The molecule has 0 aromatic rings.